The molecule has 0 radical (unpaired) electrons. The number of fused-ring (bicyclic) bond motifs is 1. The number of nitrogens with one attached hydrogen (secondary N) is 2. The molecule has 0 aliphatic carbocycles. The number of benzene rings is 2. The minimum absolute atomic E-state index is 0.119. The minimum atomic E-state index is -0.714. The number of aromatic nitrogens is 1. The molecule has 3 aromatic rings. The molecule has 148 valence electrons. The van der Waals surface area contributed by atoms with Crippen molar-refractivity contribution in [2.75, 3.05) is 20.3 Å². The average molecular weight is 382 g/mol. The molecule has 0 amide bonds. The van der Waals surface area contributed by atoms with E-state index in [-0.39, 0.29) is 12.2 Å². The van der Waals surface area contributed by atoms with E-state index in [2.05, 4.69) is 16.4 Å². The van der Waals surface area contributed by atoms with E-state index in [0.717, 1.165) is 22.0 Å². The van der Waals surface area contributed by atoms with Gasteiger partial charge in [-0.25, -0.2) is 0 Å². The third-order valence-corrected chi connectivity index (χ3v) is 4.57. The van der Waals surface area contributed by atoms with Gasteiger partial charge in [0.05, 0.1) is 12.6 Å². The number of hydrogen-bond donors (Lipinski definition) is 3. The molecule has 0 aliphatic rings. The Morgan fingerprint density at radius 3 is 2.64 bits per heavy atom. The van der Waals surface area contributed by atoms with Gasteiger partial charge < -0.3 is 24.9 Å². The normalized spacial score (nSPS) is 12.1. The van der Waals surface area contributed by atoms with Crippen LogP contribution in [0.5, 0.6) is 11.5 Å². The lowest BCUT2D eigenvalue weighted by molar-refractivity contribution is 0.104. The monoisotopic (exact) mass is 382 g/mol. The van der Waals surface area contributed by atoms with Crippen LogP contribution in [0, 0.1) is 13.8 Å². The minimum Gasteiger partial charge on any atom is -0.493 e. The Hall–Kier alpha value is -2.83. The number of aromatic amines is 1. The Labute approximate surface area is 164 Å². The molecule has 0 spiro atoms. The third-order valence-electron chi connectivity index (χ3n) is 4.57. The largest absolute Gasteiger partial charge is 0.493 e. The summed E-state index contributed by atoms with van der Waals surface area (Å²) >= 11 is 0. The summed E-state index contributed by atoms with van der Waals surface area (Å²) in [5.74, 6) is 1.21. The highest BCUT2D eigenvalue weighted by Crippen LogP contribution is 2.25. The van der Waals surface area contributed by atoms with Crippen LogP contribution in [0.25, 0.3) is 10.9 Å². The van der Waals surface area contributed by atoms with Gasteiger partial charge in [0, 0.05) is 18.7 Å². The number of ether oxygens (including phenoxy) is 2. The summed E-state index contributed by atoms with van der Waals surface area (Å²) < 4.78 is 10.8. The highest BCUT2D eigenvalue weighted by molar-refractivity contribution is 5.82. The molecule has 2 aromatic carbocycles. The second-order valence-corrected chi connectivity index (χ2v) is 6.92. The summed E-state index contributed by atoms with van der Waals surface area (Å²) in [7, 11) is 1.57. The molecule has 0 saturated carbocycles. The Morgan fingerprint density at radius 1 is 1.14 bits per heavy atom. The van der Waals surface area contributed by atoms with Crippen LogP contribution in [0.4, 0.5) is 0 Å². The number of aryl methyl sites for hydroxylation is 2. The van der Waals surface area contributed by atoms with E-state index in [9.17, 15) is 9.90 Å². The molecular formula is C22H26N2O4. The van der Waals surface area contributed by atoms with Crippen molar-refractivity contribution < 1.29 is 14.6 Å². The van der Waals surface area contributed by atoms with Gasteiger partial charge in [-0.3, -0.25) is 4.79 Å². The number of hydrogen-bond acceptors (Lipinski definition) is 5. The quantitative estimate of drug-likeness (QED) is 0.558. The number of para-hydroxylation sites is 2. The maximum atomic E-state index is 12.3. The van der Waals surface area contributed by atoms with Gasteiger partial charge in [0.1, 0.15) is 12.7 Å². The molecule has 3 rings (SSSR count). The van der Waals surface area contributed by atoms with Gasteiger partial charge >= 0.3 is 0 Å². The zero-order chi connectivity index (χ0) is 20.1. The second kappa shape index (κ2) is 8.91. The summed E-state index contributed by atoms with van der Waals surface area (Å²) in [6, 6.07) is 13.3. The lowest BCUT2D eigenvalue weighted by Crippen LogP contribution is -2.32. The van der Waals surface area contributed by atoms with E-state index in [1.165, 1.54) is 0 Å². The summed E-state index contributed by atoms with van der Waals surface area (Å²) in [5, 5.41) is 14.3. The first-order chi connectivity index (χ1) is 13.5. The van der Waals surface area contributed by atoms with Crippen molar-refractivity contribution in [1.29, 1.82) is 0 Å². The number of methoxy groups -OCH3 is 1. The van der Waals surface area contributed by atoms with Crippen molar-refractivity contribution in [1.82, 2.24) is 10.3 Å². The molecule has 1 heterocycles. The van der Waals surface area contributed by atoms with Gasteiger partial charge in [-0.15, -0.1) is 0 Å². The fourth-order valence-corrected chi connectivity index (χ4v) is 3.22. The lowest BCUT2D eigenvalue weighted by atomic mass is 10.1. The molecule has 0 bridgehead atoms. The van der Waals surface area contributed by atoms with Crippen molar-refractivity contribution in [2.24, 2.45) is 0 Å². The fourth-order valence-electron chi connectivity index (χ4n) is 3.22. The topological polar surface area (TPSA) is 83.6 Å². The van der Waals surface area contributed by atoms with Gasteiger partial charge in [0.2, 0.25) is 0 Å². The number of aliphatic hydroxyl groups is 1. The van der Waals surface area contributed by atoms with E-state index in [1.807, 2.05) is 38.1 Å². The predicted molar refractivity (Wildman–Crippen MR) is 110 cm³/mol. The predicted octanol–water partition coefficient (Wildman–Crippen LogP) is 2.68. The standard InChI is InChI=1S/C22H26N2O4/c1-14-8-15(2)21-16(9-14)10-17(22(26)24-21)11-23-12-18(25)13-28-20-7-5-4-6-19(20)27-3/h4-10,18,23,25H,11-13H2,1-3H3,(H,24,26)/t18-/m0/s1. The number of H-pyrrole nitrogens is 1. The molecule has 0 saturated heterocycles. The van der Waals surface area contributed by atoms with Gasteiger partial charge in [-0.2, -0.15) is 0 Å². The van der Waals surface area contributed by atoms with E-state index >= 15 is 0 Å². The smallest absolute Gasteiger partial charge is 0.252 e. The van der Waals surface area contributed by atoms with E-state index in [0.29, 0.717) is 30.2 Å². The van der Waals surface area contributed by atoms with Gasteiger partial charge in [0.15, 0.2) is 11.5 Å². The Kier molecular flexibility index (Phi) is 6.34. The first-order valence-electron chi connectivity index (χ1n) is 9.25. The second-order valence-electron chi connectivity index (χ2n) is 6.92. The Bertz CT molecular complexity index is 1010. The fraction of sp³-hybridized carbons (Fsp3) is 0.318. The molecule has 6 nitrogen and oxygen atoms in total. The first-order valence-corrected chi connectivity index (χ1v) is 9.25. The van der Waals surface area contributed by atoms with Crippen LogP contribution in [-0.2, 0) is 6.54 Å². The summed E-state index contributed by atoms with van der Waals surface area (Å²) in [5.41, 5.74) is 3.59. The van der Waals surface area contributed by atoms with Crippen LogP contribution < -0.4 is 20.3 Å². The number of rotatable bonds is 8. The zero-order valence-corrected chi connectivity index (χ0v) is 16.4. The van der Waals surface area contributed by atoms with Crippen LogP contribution in [0.15, 0.2) is 47.3 Å². The molecule has 28 heavy (non-hydrogen) atoms. The van der Waals surface area contributed by atoms with Gasteiger partial charge in [0.25, 0.3) is 5.56 Å². The highest BCUT2D eigenvalue weighted by atomic mass is 16.5. The number of pyridine rings is 1. The Morgan fingerprint density at radius 2 is 1.89 bits per heavy atom. The molecule has 1 atom stereocenters. The van der Waals surface area contributed by atoms with Gasteiger partial charge in [-0.1, -0.05) is 23.8 Å². The van der Waals surface area contributed by atoms with E-state index < -0.39 is 6.10 Å². The maximum absolute atomic E-state index is 12.3. The summed E-state index contributed by atoms with van der Waals surface area (Å²) in [6.07, 6.45) is -0.714. The first kappa shape index (κ1) is 19.9. The summed E-state index contributed by atoms with van der Waals surface area (Å²) in [4.78, 5) is 15.3. The molecule has 0 fully saturated rings. The molecular weight excluding hydrogens is 356 g/mol. The molecule has 0 unspecified atom stereocenters. The van der Waals surface area contributed by atoms with E-state index in [1.54, 1.807) is 19.2 Å². The zero-order valence-electron chi connectivity index (χ0n) is 16.4. The SMILES string of the molecule is COc1ccccc1OC[C@@H](O)CNCc1cc2cc(C)cc(C)c2[nH]c1=O. The molecule has 3 N–H and O–H groups in total. The van der Waals surface area contributed by atoms with Crippen molar-refractivity contribution >= 4 is 10.9 Å². The van der Waals surface area contributed by atoms with Crippen LogP contribution in [0.1, 0.15) is 16.7 Å². The van der Waals surface area contributed by atoms with Crippen molar-refractivity contribution in [2.45, 2.75) is 26.5 Å². The van der Waals surface area contributed by atoms with Crippen LogP contribution in [0.2, 0.25) is 0 Å². The number of aliphatic hydroxyl groups excluding tert-OH is 1. The Balaban J connectivity index is 1.57. The van der Waals surface area contributed by atoms with Crippen molar-refractivity contribution in [3.63, 3.8) is 0 Å². The van der Waals surface area contributed by atoms with Crippen LogP contribution in [-0.4, -0.2) is 36.5 Å². The maximum Gasteiger partial charge on any atom is 0.252 e. The molecule has 1 aromatic heterocycles. The van der Waals surface area contributed by atoms with Gasteiger partial charge in [-0.05, 0) is 49.1 Å². The molecule has 0 aliphatic heterocycles. The van der Waals surface area contributed by atoms with Crippen molar-refractivity contribution in [3.05, 3.63) is 69.5 Å². The highest BCUT2D eigenvalue weighted by Gasteiger charge is 2.10. The molecule has 6 heteroatoms. The van der Waals surface area contributed by atoms with Crippen LogP contribution in [0.3, 0.4) is 0 Å². The van der Waals surface area contributed by atoms with Crippen LogP contribution >= 0.6 is 0 Å². The summed E-state index contributed by atoms with van der Waals surface area (Å²) in [6.45, 7) is 4.82. The third kappa shape index (κ3) is 4.71. The lowest BCUT2D eigenvalue weighted by Gasteiger charge is -2.15. The van der Waals surface area contributed by atoms with E-state index in [4.69, 9.17) is 9.47 Å². The average Bonchev–Trinajstić information content (AvgIpc) is 2.67. The van der Waals surface area contributed by atoms with Crippen molar-refractivity contribution in [3.8, 4) is 11.5 Å².